The molecule has 0 spiro atoms. The van der Waals surface area contributed by atoms with Crippen molar-refractivity contribution >= 4 is 17.6 Å². The maximum Gasteiger partial charge on any atom is 0.514 e. The summed E-state index contributed by atoms with van der Waals surface area (Å²) in [6.07, 6.45) is -0.0781. The van der Waals surface area contributed by atoms with Crippen molar-refractivity contribution in [3.63, 3.8) is 0 Å². The fourth-order valence-corrected chi connectivity index (χ4v) is 1.81. The molecular formula is C16H21NO6. The first-order chi connectivity index (χ1) is 10.9. The van der Waals surface area contributed by atoms with Crippen molar-refractivity contribution in [2.24, 2.45) is 5.92 Å². The van der Waals surface area contributed by atoms with E-state index in [1.165, 1.54) is 24.3 Å². The average Bonchev–Trinajstić information content (AvgIpc) is 2.53. The Kier molecular flexibility index (Phi) is 7.18. The lowest BCUT2D eigenvalue weighted by atomic mass is 9.98. The smallest absolute Gasteiger partial charge is 0.430 e. The summed E-state index contributed by atoms with van der Waals surface area (Å²) in [6, 6.07) is 5.08. The Hall–Kier alpha value is -2.44. The van der Waals surface area contributed by atoms with Crippen molar-refractivity contribution in [1.29, 1.82) is 0 Å². The number of ether oxygens (including phenoxy) is 2. The van der Waals surface area contributed by atoms with Crippen LogP contribution < -0.4 is 4.74 Å². The molecule has 0 radical (unpaired) electrons. The number of non-ortho nitro benzene ring substituents is 1. The van der Waals surface area contributed by atoms with Crippen LogP contribution in [0, 0.1) is 16.0 Å². The average molecular weight is 323 g/mol. The van der Waals surface area contributed by atoms with E-state index in [0.29, 0.717) is 6.42 Å². The number of Topliss-reactive ketones (excluding diaryl/α,β-unsaturated/α-hetero) is 1. The van der Waals surface area contributed by atoms with Gasteiger partial charge >= 0.3 is 6.16 Å². The second kappa shape index (κ2) is 8.87. The molecular weight excluding hydrogens is 302 g/mol. The van der Waals surface area contributed by atoms with Gasteiger partial charge in [-0.3, -0.25) is 14.9 Å². The second-order valence-electron chi connectivity index (χ2n) is 5.23. The first kappa shape index (κ1) is 18.6. The van der Waals surface area contributed by atoms with Gasteiger partial charge in [0.1, 0.15) is 17.6 Å². The minimum Gasteiger partial charge on any atom is -0.430 e. The van der Waals surface area contributed by atoms with E-state index in [-0.39, 0.29) is 29.6 Å². The second-order valence-corrected chi connectivity index (χ2v) is 5.23. The molecule has 7 heteroatoms. The number of nitro benzene ring substituents is 1. The predicted molar refractivity (Wildman–Crippen MR) is 83.4 cm³/mol. The van der Waals surface area contributed by atoms with Crippen LogP contribution in [0.3, 0.4) is 0 Å². The largest absolute Gasteiger partial charge is 0.514 e. The maximum atomic E-state index is 11.9. The third kappa shape index (κ3) is 6.06. The molecule has 0 aromatic heterocycles. The van der Waals surface area contributed by atoms with Crippen LogP contribution in [0.2, 0.25) is 0 Å². The molecule has 7 nitrogen and oxygen atoms in total. The van der Waals surface area contributed by atoms with Gasteiger partial charge in [-0.1, -0.05) is 20.8 Å². The monoisotopic (exact) mass is 323 g/mol. The minimum atomic E-state index is -0.928. The lowest BCUT2D eigenvalue weighted by Gasteiger charge is -2.17. The molecule has 23 heavy (non-hydrogen) atoms. The summed E-state index contributed by atoms with van der Waals surface area (Å²) in [5, 5.41) is 10.5. The van der Waals surface area contributed by atoms with Crippen LogP contribution >= 0.6 is 0 Å². The molecule has 1 aromatic carbocycles. The predicted octanol–water partition coefficient (Wildman–Crippen LogP) is 3.89. The van der Waals surface area contributed by atoms with E-state index in [1.54, 1.807) is 0 Å². The molecule has 2 unspecified atom stereocenters. The molecule has 0 bridgehead atoms. The number of hydrogen-bond acceptors (Lipinski definition) is 6. The van der Waals surface area contributed by atoms with E-state index in [2.05, 4.69) is 0 Å². The van der Waals surface area contributed by atoms with Crippen LogP contribution in [0.25, 0.3) is 0 Å². The van der Waals surface area contributed by atoms with E-state index in [0.717, 1.165) is 6.42 Å². The zero-order valence-corrected chi connectivity index (χ0v) is 13.5. The van der Waals surface area contributed by atoms with Gasteiger partial charge in [-0.2, -0.15) is 0 Å². The van der Waals surface area contributed by atoms with Gasteiger partial charge in [0.2, 0.25) is 0 Å². The number of hydrogen-bond donors (Lipinski definition) is 0. The van der Waals surface area contributed by atoms with Crippen LogP contribution in [0.4, 0.5) is 10.5 Å². The molecule has 0 saturated carbocycles. The molecule has 1 rings (SSSR count). The molecule has 2 atom stereocenters. The summed E-state index contributed by atoms with van der Waals surface area (Å²) < 4.78 is 10.1. The molecule has 0 heterocycles. The van der Waals surface area contributed by atoms with Gasteiger partial charge in [0.15, 0.2) is 0 Å². The van der Waals surface area contributed by atoms with Crippen molar-refractivity contribution in [2.75, 3.05) is 0 Å². The first-order valence-corrected chi connectivity index (χ1v) is 7.52. The van der Waals surface area contributed by atoms with Crippen LogP contribution in [0.1, 0.15) is 40.0 Å². The summed E-state index contributed by atoms with van der Waals surface area (Å²) in [7, 11) is 0. The van der Waals surface area contributed by atoms with E-state index in [4.69, 9.17) is 9.47 Å². The summed E-state index contributed by atoms with van der Waals surface area (Å²) in [4.78, 5) is 33.6. The highest BCUT2D eigenvalue weighted by atomic mass is 16.7. The van der Waals surface area contributed by atoms with Gasteiger partial charge in [-0.15, -0.1) is 0 Å². The van der Waals surface area contributed by atoms with Crippen LogP contribution in [-0.4, -0.2) is 23.0 Å². The van der Waals surface area contributed by atoms with E-state index < -0.39 is 17.2 Å². The normalized spacial score (nSPS) is 13.0. The lowest BCUT2D eigenvalue weighted by Crippen LogP contribution is -2.25. The number of nitrogens with zero attached hydrogens (tertiary/aromatic N) is 1. The Morgan fingerprint density at radius 2 is 1.78 bits per heavy atom. The molecule has 1 aromatic rings. The van der Waals surface area contributed by atoms with E-state index >= 15 is 0 Å². The number of carbonyl (C=O) groups is 2. The SMILES string of the molecule is CCC(CC(=O)C(C)CC)OC(=O)Oc1ccc([N+](=O)[O-])cc1. The highest BCUT2D eigenvalue weighted by Crippen LogP contribution is 2.19. The third-order valence-electron chi connectivity index (χ3n) is 3.56. The Labute approximate surface area is 134 Å². The highest BCUT2D eigenvalue weighted by Gasteiger charge is 2.21. The van der Waals surface area contributed by atoms with Crippen LogP contribution in [0.15, 0.2) is 24.3 Å². The van der Waals surface area contributed by atoms with Gasteiger partial charge in [0.25, 0.3) is 5.69 Å². The molecule has 0 amide bonds. The highest BCUT2D eigenvalue weighted by molar-refractivity contribution is 5.81. The van der Waals surface area contributed by atoms with Gasteiger partial charge in [-0.25, -0.2) is 4.79 Å². The fourth-order valence-electron chi connectivity index (χ4n) is 1.81. The Morgan fingerprint density at radius 1 is 1.17 bits per heavy atom. The standard InChI is InChI=1S/C16H21NO6/c1-4-11(3)15(18)10-13(5-2)22-16(19)23-14-8-6-12(7-9-14)17(20)21/h6-9,11,13H,4-5,10H2,1-3H3. The topological polar surface area (TPSA) is 95.7 Å². The zero-order valence-electron chi connectivity index (χ0n) is 13.5. The number of ketones is 1. The first-order valence-electron chi connectivity index (χ1n) is 7.52. The summed E-state index contributed by atoms with van der Waals surface area (Å²) in [6.45, 7) is 5.57. The molecule has 0 aliphatic rings. The maximum absolute atomic E-state index is 11.9. The van der Waals surface area contributed by atoms with Crippen molar-refractivity contribution in [3.05, 3.63) is 34.4 Å². The van der Waals surface area contributed by atoms with Gasteiger partial charge in [-0.05, 0) is 25.0 Å². The Balaban J connectivity index is 2.56. The number of nitro groups is 1. The Morgan fingerprint density at radius 3 is 2.26 bits per heavy atom. The van der Waals surface area contributed by atoms with E-state index in [9.17, 15) is 19.7 Å². The van der Waals surface area contributed by atoms with Gasteiger partial charge in [0, 0.05) is 24.5 Å². The van der Waals surface area contributed by atoms with Gasteiger partial charge < -0.3 is 9.47 Å². The molecule has 0 aliphatic heterocycles. The van der Waals surface area contributed by atoms with Crippen molar-refractivity contribution in [3.8, 4) is 5.75 Å². The van der Waals surface area contributed by atoms with Crippen molar-refractivity contribution in [2.45, 2.75) is 46.1 Å². The fraction of sp³-hybridized carbons (Fsp3) is 0.500. The van der Waals surface area contributed by atoms with Crippen molar-refractivity contribution < 1.29 is 24.0 Å². The summed E-state index contributed by atoms with van der Waals surface area (Å²) in [5.41, 5.74) is -0.101. The molecule has 0 N–H and O–H groups in total. The number of rotatable bonds is 8. The molecule has 0 saturated heterocycles. The lowest BCUT2D eigenvalue weighted by molar-refractivity contribution is -0.384. The number of carbonyl (C=O) groups excluding carboxylic acids is 2. The van der Waals surface area contributed by atoms with Crippen LogP contribution in [-0.2, 0) is 9.53 Å². The van der Waals surface area contributed by atoms with Crippen molar-refractivity contribution in [1.82, 2.24) is 0 Å². The van der Waals surface area contributed by atoms with Crippen LogP contribution in [0.5, 0.6) is 5.75 Å². The third-order valence-corrected chi connectivity index (χ3v) is 3.56. The Bertz CT molecular complexity index is 554. The minimum absolute atomic E-state index is 0.0440. The van der Waals surface area contributed by atoms with E-state index in [1.807, 2.05) is 20.8 Å². The van der Waals surface area contributed by atoms with Gasteiger partial charge in [0.05, 0.1) is 4.92 Å². The quantitative estimate of drug-likeness (QED) is 0.311. The zero-order chi connectivity index (χ0) is 17.4. The summed E-state index contributed by atoms with van der Waals surface area (Å²) in [5.74, 6) is 0.115. The molecule has 0 aliphatic carbocycles. The molecule has 0 fully saturated rings. The number of benzene rings is 1. The summed E-state index contributed by atoms with van der Waals surface area (Å²) >= 11 is 0. The molecule has 126 valence electrons.